The standard InChI is InChI=1S/C17H22N2O3/c1-5-22-13(4)14-6-8-15(9-7-14)17-11(2)18-19(12(17)3)10-16(20)21/h6-9,13H,5,10H2,1-4H3,(H,20,21)/t13-/m0/s1. The molecule has 0 radical (unpaired) electrons. The Morgan fingerprint density at radius 2 is 1.95 bits per heavy atom. The summed E-state index contributed by atoms with van der Waals surface area (Å²) in [5.41, 5.74) is 4.87. The van der Waals surface area contributed by atoms with Gasteiger partial charge in [-0.2, -0.15) is 5.10 Å². The van der Waals surface area contributed by atoms with Gasteiger partial charge in [0, 0.05) is 17.9 Å². The molecule has 0 fully saturated rings. The second-order valence-corrected chi connectivity index (χ2v) is 5.32. The fourth-order valence-electron chi connectivity index (χ4n) is 2.66. The molecule has 0 spiro atoms. The van der Waals surface area contributed by atoms with Crippen molar-refractivity contribution in [3.05, 3.63) is 41.2 Å². The van der Waals surface area contributed by atoms with Crippen molar-refractivity contribution in [1.82, 2.24) is 9.78 Å². The van der Waals surface area contributed by atoms with Gasteiger partial charge in [-0.15, -0.1) is 0 Å². The van der Waals surface area contributed by atoms with Crippen LogP contribution in [0.5, 0.6) is 0 Å². The van der Waals surface area contributed by atoms with Gasteiger partial charge in [-0.3, -0.25) is 9.48 Å². The molecule has 0 saturated heterocycles. The van der Waals surface area contributed by atoms with Gasteiger partial charge in [0.05, 0.1) is 11.8 Å². The van der Waals surface area contributed by atoms with E-state index in [1.54, 1.807) is 0 Å². The van der Waals surface area contributed by atoms with Crippen LogP contribution < -0.4 is 0 Å². The third-order valence-corrected chi connectivity index (χ3v) is 3.75. The maximum Gasteiger partial charge on any atom is 0.325 e. The number of aryl methyl sites for hydroxylation is 1. The number of aromatic nitrogens is 2. The van der Waals surface area contributed by atoms with Crippen LogP contribution in [0, 0.1) is 13.8 Å². The first kappa shape index (κ1) is 16.2. The van der Waals surface area contributed by atoms with Crippen LogP contribution in [0.25, 0.3) is 11.1 Å². The third kappa shape index (κ3) is 3.36. The Kier molecular flexibility index (Phi) is 4.98. The smallest absolute Gasteiger partial charge is 0.325 e. The lowest BCUT2D eigenvalue weighted by molar-refractivity contribution is -0.137. The average Bonchev–Trinajstić information content (AvgIpc) is 2.73. The molecule has 0 amide bonds. The lowest BCUT2D eigenvalue weighted by Gasteiger charge is -2.12. The van der Waals surface area contributed by atoms with Crippen molar-refractivity contribution in [1.29, 1.82) is 0 Å². The molecule has 5 heteroatoms. The van der Waals surface area contributed by atoms with Crippen LogP contribution in [0.15, 0.2) is 24.3 Å². The Morgan fingerprint density at radius 1 is 1.32 bits per heavy atom. The van der Waals surface area contributed by atoms with Crippen LogP contribution in [-0.4, -0.2) is 27.5 Å². The molecule has 1 N–H and O–H groups in total. The maximum absolute atomic E-state index is 10.9. The molecule has 5 nitrogen and oxygen atoms in total. The molecule has 22 heavy (non-hydrogen) atoms. The second kappa shape index (κ2) is 6.75. The first-order chi connectivity index (χ1) is 10.4. The van der Waals surface area contributed by atoms with Crippen LogP contribution in [0.3, 0.4) is 0 Å². The van der Waals surface area contributed by atoms with Crippen LogP contribution in [0.2, 0.25) is 0 Å². The van der Waals surface area contributed by atoms with E-state index >= 15 is 0 Å². The Morgan fingerprint density at radius 3 is 2.50 bits per heavy atom. The summed E-state index contributed by atoms with van der Waals surface area (Å²) in [6, 6.07) is 8.16. The van der Waals surface area contributed by atoms with Crippen LogP contribution in [0.1, 0.15) is 36.9 Å². The number of carboxylic acids is 1. The van der Waals surface area contributed by atoms with E-state index in [9.17, 15) is 4.79 Å². The van der Waals surface area contributed by atoms with Crippen LogP contribution in [-0.2, 0) is 16.1 Å². The van der Waals surface area contributed by atoms with E-state index in [4.69, 9.17) is 9.84 Å². The van der Waals surface area contributed by atoms with E-state index in [1.807, 2.05) is 52.0 Å². The highest BCUT2D eigenvalue weighted by atomic mass is 16.5. The largest absolute Gasteiger partial charge is 0.480 e. The number of benzene rings is 1. The van der Waals surface area contributed by atoms with Crippen molar-refractivity contribution in [2.24, 2.45) is 0 Å². The lowest BCUT2D eigenvalue weighted by atomic mass is 10.0. The molecular weight excluding hydrogens is 280 g/mol. The van der Waals surface area contributed by atoms with E-state index in [1.165, 1.54) is 4.68 Å². The molecule has 118 valence electrons. The first-order valence-corrected chi connectivity index (χ1v) is 7.41. The summed E-state index contributed by atoms with van der Waals surface area (Å²) < 4.78 is 7.12. The summed E-state index contributed by atoms with van der Waals surface area (Å²) >= 11 is 0. The molecule has 2 aromatic rings. The zero-order valence-electron chi connectivity index (χ0n) is 13.5. The fourth-order valence-corrected chi connectivity index (χ4v) is 2.66. The molecule has 0 saturated carbocycles. The number of aliphatic carboxylic acids is 1. The van der Waals surface area contributed by atoms with Crippen molar-refractivity contribution in [2.45, 2.75) is 40.3 Å². The molecule has 1 atom stereocenters. The molecule has 0 aliphatic carbocycles. The van der Waals surface area contributed by atoms with Crippen molar-refractivity contribution in [3.8, 4) is 11.1 Å². The molecule has 0 bridgehead atoms. The summed E-state index contributed by atoms with van der Waals surface area (Å²) in [5.74, 6) is -0.891. The van der Waals surface area contributed by atoms with Crippen molar-refractivity contribution in [3.63, 3.8) is 0 Å². The third-order valence-electron chi connectivity index (χ3n) is 3.75. The topological polar surface area (TPSA) is 64.4 Å². The highest BCUT2D eigenvalue weighted by molar-refractivity contribution is 5.71. The second-order valence-electron chi connectivity index (χ2n) is 5.32. The molecule has 1 aromatic heterocycles. The maximum atomic E-state index is 10.9. The molecule has 1 aromatic carbocycles. The lowest BCUT2D eigenvalue weighted by Crippen LogP contribution is -2.11. The van der Waals surface area contributed by atoms with Crippen LogP contribution >= 0.6 is 0 Å². The van der Waals surface area contributed by atoms with Crippen molar-refractivity contribution < 1.29 is 14.6 Å². The Balaban J connectivity index is 2.32. The SMILES string of the molecule is CCO[C@@H](C)c1ccc(-c2c(C)nn(CC(=O)O)c2C)cc1. The summed E-state index contributed by atoms with van der Waals surface area (Å²) in [7, 11) is 0. The predicted molar refractivity (Wildman–Crippen MR) is 84.8 cm³/mol. The number of nitrogens with zero attached hydrogens (tertiary/aromatic N) is 2. The molecule has 0 unspecified atom stereocenters. The minimum absolute atomic E-state index is 0.0657. The predicted octanol–water partition coefficient (Wildman–Crippen LogP) is 3.35. The van der Waals surface area contributed by atoms with E-state index in [0.717, 1.165) is 28.1 Å². The summed E-state index contributed by atoms with van der Waals surface area (Å²) in [6.45, 7) is 8.37. The number of rotatable bonds is 6. The van der Waals surface area contributed by atoms with Gasteiger partial charge < -0.3 is 9.84 Å². The van der Waals surface area contributed by atoms with Crippen molar-refractivity contribution in [2.75, 3.05) is 6.61 Å². The monoisotopic (exact) mass is 302 g/mol. The van der Waals surface area contributed by atoms with Gasteiger partial charge in [-0.1, -0.05) is 24.3 Å². The molecule has 1 heterocycles. The van der Waals surface area contributed by atoms with Gasteiger partial charge in [0.1, 0.15) is 6.54 Å². The van der Waals surface area contributed by atoms with Crippen LogP contribution in [0.4, 0.5) is 0 Å². The van der Waals surface area contributed by atoms with Gasteiger partial charge >= 0.3 is 5.97 Å². The van der Waals surface area contributed by atoms with Gasteiger partial charge in [-0.05, 0) is 38.8 Å². The summed E-state index contributed by atoms with van der Waals surface area (Å²) in [6.07, 6.45) is 0.0657. The molecule has 0 aliphatic rings. The number of ether oxygens (including phenoxy) is 1. The van der Waals surface area contributed by atoms with E-state index in [-0.39, 0.29) is 12.6 Å². The number of carbonyl (C=O) groups is 1. The number of carboxylic acid groups (broad SMARTS) is 1. The summed E-state index contributed by atoms with van der Waals surface area (Å²) in [4.78, 5) is 10.9. The van der Waals surface area contributed by atoms with Gasteiger partial charge in [0.15, 0.2) is 0 Å². The minimum atomic E-state index is -0.891. The fraction of sp³-hybridized carbons (Fsp3) is 0.412. The highest BCUT2D eigenvalue weighted by Gasteiger charge is 2.15. The first-order valence-electron chi connectivity index (χ1n) is 7.41. The van der Waals surface area contributed by atoms with E-state index in [0.29, 0.717) is 6.61 Å². The average molecular weight is 302 g/mol. The summed E-state index contributed by atoms with van der Waals surface area (Å²) in [5, 5.41) is 13.3. The van der Waals surface area contributed by atoms with Gasteiger partial charge in [-0.25, -0.2) is 0 Å². The van der Waals surface area contributed by atoms with Gasteiger partial charge in [0.25, 0.3) is 0 Å². The van der Waals surface area contributed by atoms with E-state index < -0.39 is 5.97 Å². The zero-order valence-corrected chi connectivity index (χ0v) is 13.5. The number of hydrogen-bond donors (Lipinski definition) is 1. The minimum Gasteiger partial charge on any atom is -0.480 e. The van der Waals surface area contributed by atoms with E-state index in [2.05, 4.69) is 5.10 Å². The Bertz CT molecular complexity index is 659. The highest BCUT2D eigenvalue weighted by Crippen LogP contribution is 2.28. The van der Waals surface area contributed by atoms with Gasteiger partial charge in [0.2, 0.25) is 0 Å². The normalized spacial score (nSPS) is 12.4. The quantitative estimate of drug-likeness (QED) is 0.888. The number of hydrogen-bond acceptors (Lipinski definition) is 3. The molecule has 0 aliphatic heterocycles. The zero-order chi connectivity index (χ0) is 16.3. The molecule has 2 rings (SSSR count). The van der Waals surface area contributed by atoms with Crippen molar-refractivity contribution >= 4 is 5.97 Å². The Hall–Kier alpha value is -2.14. The molecular formula is C17H22N2O3. The Labute approximate surface area is 130 Å².